The van der Waals surface area contributed by atoms with E-state index in [-0.39, 0.29) is 25.0 Å². The minimum Gasteiger partial charge on any atom is -0.370 e. The number of carbonyl (C=O) groups excluding carboxylic acids is 2. The lowest BCUT2D eigenvalue weighted by atomic mass is 10.3. The average molecular weight is 240 g/mol. The lowest BCUT2D eigenvalue weighted by Gasteiger charge is -1.94. The third-order valence-corrected chi connectivity index (χ3v) is 1.78. The van der Waals surface area contributed by atoms with Gasteiger partial charge in [0.2, 0.25) is 11.8 Å². The molecule has 0 saturated heterocycles. The van der Waals surface area contributed by atoms with E-state index >= 15 is 0 Å². The molecular formula is C12H20N2O3. The predicted octanol–water partition coefficient (Wildman–Crippen LogP) is 1.80. The molecule has 0 unspecified atom stereocenters. The number of rotatable bonds is 8. The van der Waals surface area contributed by atoms with E-state index in [2.05, 4.69) is 9.98 Å². The molecule has 0 aromatic rings. The van der Waals surface area contributed by atoms with E-state index in [1.54, 1.807) is 0 Å². The summed E-state index contributed by atoms with van der Waals surface area (Å²) in [5.41, 5.74) is 0. The minimum atomic E-state index is -0.136. The first-order valence-corrected chi connectivity index (χ1v) is 5.89. The molecule has 0 bridgehead atoms. The van der Waals surface area contributed by atoms with Gasteiger partial charge in [0.05, 0.1) is 13.2 Å². The molecule has 0 N–H and O–H groups in total. The quantitative estimate of drug-likeness (QED) is 0.480. The highest BCUT2D eigenvalue weighted by Gasteiger charge is 1.94. The highest BCUT2D eigenvalue weighted by molar-refractivity contribution is 5.86. The van der Waals surface area contributed by atoms with E-state index in [1.807, 2.05) is 13.8 Å². The van der Waals surface area contributed by atoms with Gasteiger partial charge < -0.3 is 4.74 Å². The van der Waals surface area contributed by atoms with Crippen LogP contribution in [-0.2, 0) is 14.3 Å². The normalized spacial score (nSPS) is 11.4. The smallest absolute Gasteiger partial charge is 0.245 e. The van der Waals surface area contributed by atoms with Gasteiger partial charge in [-0.15, -0.1) is 0 Å². The number of amides is 2. The first-order valence-electron chi connectivity index (χ1n) is 5.89. The predicted molar refractivity (Wildman–Crippen MR) is 67.6 cm³/mol. The molecule has 0 atom stereocenters. The SMILES string of the molecule is CCCC(=O)N=CCOCC=NC(=O)CCC. The van der Waals surface area contributed by atoms with E-state index in [1.165, 1.54) is 12.4 Å². The summed E-state index contributed by atoms with van der Waals surface area (Å²) in [7, 11) is 0. The Morgan fingerprint density at radius 2 is 1.35 bits per heavy atom. The van der Waals surface area contributed by atoms with Crippen LogP contribution < -0.4 is 0 Å². The van der Waals surface area contributed by atoms with Crippen LogP contribution in [0.2, 0.25) is 0 Å². The molecule has 17 heavy (non-hydrogen) atoms. The van der Waals surface area contributed by atoms with E-state index in [4.69, 9.17) is 4.74 Å². The maximum atomic E-state index is 11.0. The molecule has 0 fully saturated rings. The van der Waals surface area contributed by atoms with Gasteiger partial charge in [-0.2, -0.15) is 0 Å². The van der Waals surface area contributed by atoms with Gasteiger partial charge in [-0.05, 0) is 12.8 Å². The zero-order valence-corrected chi connectivity index (χ0v) is 10.5. The molecule has 0 spiro atoms. The number of ether oxygens (including phenoxy) is 1. The largest absolute Gasteiger partial charge is 0.370 e. The molecule has 0 heterocycles. The molecule has 2 amide bonds. The number of hydrogen-bond acceptors (Lipinski definition) is 3. The van der Waals surface area contributed by atoms with Crippen LogP contribution in [0.1, 0.15) is 39.5 Å². The van der Waals surface area contributed by atoms with E-state index in [0.717, 1.165) is 12.8 Å². The van der Waals surface area contributed by atoms with Crippen molar-refractivity contribution in [3.8, 4) is 0 Å². The Morgan fingerprint density at radius 3 is 1.71 bits per heavy atom. The van der Waals surface area contributed by atoms with Crippen molar-refractivity contribution in [3.05, 3.63) is 0 Å². The van der Waals surface area contributed by atoms with Crippen LogP contribution in [0.4, 0.5) is 0 Å². The first kappa shape index (κ1) is 15.6. The second-order valence-electron chi connectivity index (χ2n) is 3.45. The summed E-state index contributed by atoms with van der Waals surface area (Å²) in [4.78, 5) is 29.3. The second-order valence-corrected chi connectivity index (χ2v) is 3.45. The summed E-state index contributed by atoms with van der Waals surface area (Å²) in [6.45, 7) is 4.36. The summed E-state index contributed by atoms with van der Waals surface area (Å²) in [5.74, 6) is -0.272. The van der Waals surface area contributed by atoms with Gasteiger partial charge >= 0.3 is 0 Å². The minimum absolute atomic E-state index is 0.136. The molecule has 96 valence electrons. The standard InChI is InChI=1S/C12H20N2O3/c1-3-5-11(15)13-7-9-17-10-8-14-12(16)6-4-2/h7-8H,3-6,9-10H2,1-2H3. The van der Waals surface area contributed by atoms with E-state index < -0.39 is 0 Å². The Labute approximate surface area is 102 Å². The maximum Gasteiger partial charge on any atom is 0.245 e. The van der Waals surface area contributed by atoms with E-state index in [0.29, 0.717) is 12.8 Å². The van der Waals surface area contributed by atoms with Crippen LogP contribution in [0.3, 0.4) is 0 Å². The van der Waals surface area contributed by atoms with Crippen LogP contribution >= 0.6 is 0 Å². The fraction of sp³-hybridized carbons (Fsp3) is 0.667. The van der Waals surface area contributed by atoms with Crippen LogP contribution in [0.5, 0.6) is 0 Å². The highest BCUT2D eigenvalue weighted by atomic mass is 16.5. The number of hydrogen-bond donors (Lipinski definition) is 0. The number of aliphatic imine (C=N–C) groups is 2. The first-order chi connectivity index (χ1) is 8.20. The van der Waals surface area contributed by atoms with Gasteiger partial charge in [-0.25, -0.2) is 9.98 Å². The molecule has 5 heteroatoms. The molecular weight excluding hydrogens is 220 g/mol. The van der Waals surface area contributed by atoms with Crippen molar-refractivity contribution in [2.45, 2.75) is 39.5 Å². The van der Waals surface area contributed by atoms with Crippen LogP contribution in [0, 0.1) is 0 Å². The Morgan fingerprint density at radius 1 is 0.941 bits per heavy atom. The summed E-state index contributed by atoms with van der Waals surface area (Å²) in [6.07, 6.45) is 5.37. The summed E-state index contributed by atoms with van der Waals surface area (Å²) in [6, 6.07) is 0. The number of carbonyl (C=O) groups is 2. The maximum absolute atomic E-state index is 11.0. The van der Waals surface area contributed by atoms with E-state index in [9.17, 15) is 9.59 Å². The molecule has 0 aromatic heterocycles. The third-order valence-electron chi connectivity index (χ3n) is 1.78. The van der Waals surface area contributed by atoms with Crippen molar-refractivity contribution in [1.29, 1.82) is 0 Å². The molecule has 0 rings (SSSR count). The molecule has 0 aliphatic heterocycles. The average Bonchev–Trinajstić information content (AvgIpc) is 2.28. The number of nitrogens with zero attached hydrogens (tertiary/aromatic N) is 2. The van der Waals surface area contributed by atoms with Crippen molar-refractivity contribution in [3.63, 3.8) is 0 Å². The molecule has 0 aliphatic carbocycles. The van der Waals surface area contributed by atoms with Crippen molar-refractivity contribution in [1.82, 2.24) is 0 Å². The van der Waals surface area contributed by atoms with Crippen LogP contribution in [-0.4, -0.2) is 37.5 Å². The Bertz CT molecular complexity index is 257. The van der Waals surface area contributed by atoms with Crippen molar-refractivity contribution >= 4 is 24.2 Å². The van der Waals surface area contributed by atoms with Crippen molar-refractivity contribution in [2.75, 3.05) is 13.2 Å². The summed E-state index contributed by atoms with van der Waals surface area (Å²) < 4.78 is 5.09. The van der Waals surface area contributed by atoms with Gasteiger partial charge in [-0.1, -0.05) is 13.8 Å². The molecule has 5 nitrogen and oxygen atoms in total. The van der Waals surface area contributed by atoms with Gasteiger partial charge in [0, 0.05) is 25.3 Å². The summed E-state index contributed by atoms with van der Waals surface area (Å²) in [5, 5.41) is 0. The van der Waals surface area contributed by atoms with Gasteiger partial charge in [0.1, 0.15) is 0 Å². The Hall–Kier alpha value is -1.36. The van der Waals surface area contributed by atoms with Crippen molar-refractivity contribution < 1.29 is 14.3 Å². The molecule has 0 aromatic carbocycles. The van der Waals surface area contributed by atoms with Crippen LogP contribution in [0.15, 0.2) is 9.98 Å². The second kappa shape index (κ2) is 11.1. The molecule has 0 saturated carbocycles. The summed E-state index contributed by atoms with van der Waals surface area (Å²) >= 11 is 0. The molecule has 0 radical (unpaired) electrons. The van der Waals surface area contributed by atoms with Gasteiger partial charge in [0.15, 0.2) is 0 Å². The monoisotopic (exact) mass is 240 g/mol. The van der Waals surface area contributed by atoms with Gasteiger partial charge in [-0.3, -0.25) is 9.59 Å². The molecule has 0 aliphatic rings. The van der Waals surface area contributed by atoms with Gasteiger partial charge in [0.25, 0.3) is 0 Å². The lowest BCUT2D eigenvalue weighted by molar-refractivity contribution is -0.118. The Kier molecular flexibility index (Phi) is 10.2. The zero-order valence-electron chi connectivity index (χ0n) is 10.5. The third kappa shape index (κ3) is 10.9. The lowest BCUT2D eigenvalue weighted by Crippen LogP contribution is -2.02. The topological polar surface area (TPSA) is 68.1 Å². The fourth-order valence-electron chi connectivity index (χ4n) is 1.01. The highest BCUT2D eigenvalue weighted by Crippen LogP contribution is 1.89. The van der Waals surface area contributed by atoms with Crippen LogP contribution in [0.25, 0.3) is 0 Å². The fourth-order valence-corrected chi connectivity index (χ4v) is 1.01. The van der Waals surface area contributed by atoms with Crippen molar-refractivity contribution in [2.24, 2.45) is 9.98 Å². The Balaban J connectivity index is 3.52. The zero-order chi connectivity index (χ0) is 12.9.